The molecule has 0 spiro atoms. The smallest absolute Gasteiger partial charge is 0.314 e. The van der Waals surface area contributed by atoms with Gasteiger partial charge in [-0.05, 0) is 76.1 Å². The third-order valence-corrected chi connectivity index (χ3v) is 9.41. The van der Waals surface area contributed by atoms with Gasteiger partial charge in [0.2, 0.25) is 0 Å². The molecule has 1 aliphatic carbocycles. The summed E-state index contributed by atoms with van der Waals surface area (Å²) in [6.07, 6.45) is 1.22. The number of carbonyl (C=O) groups excluding carboxylic acids is 1. The van der Waals surface area contributed by atoms with Gasteiger partial charge in [0.05, 0.1) is 24.2 Å². The first-order valence-corrected chi connectivity index (χ1v) is 13.6. The highest BCUT2D eigenvalue weighted by atomic mass is 32.2. The van der Waals surface area contributed by atoms with Gasteiger partial charge in [-0.1, -0.05) is 48.5 Å². The lowest BCUT2D eigenvalue weighted by atomic mass is 9.63. The van der Waals surface area contributed by atoms with Gasteiger partial charge in [0.15, 0.2) is 0 Å². The maximum absolute atomic E-state index is 13.2. The first-order valence-electron chi connectivity index (χ1n) is 11.5. The van der Waals surface area contributed by atoms with Crippen LogP contribution in [0.1, 0.15) is 30.4 Å². The highest BCUT2D eigenvalue weighted by Gasteiger charge is 2.50. The molecule has 0 saturated carbocycles. The Hall–Kier alpha value is -2.37. The van der Waals surface area contributed by atoms with Crippen molar-refractivity contribution in [2.45, 2.75) is 23.8 Å². The summed E-state index contributed by atoms with van der Waals surface area (Å²) in [6, 6.07) is 23.2. The van der Waals surface area contributed by atoms with E-state index in [9.17, 15) is 4.79 Å². The number of benzene rings is 3. The first-order chi connectivity index (χ1) is 16.2. The van der Waals surface area contributed by atoms with Crippen LogP contribution in [0, 0.1) is 5.92 Å². The lowest BCUT2D eigenvalue weighted by molar-refractivity contribution is -0.147. The van der Waals surface area contributed by atoms with Crippen molar-refractivity contribution in [2.24, 2.45) is 5.92 Å². The number of esters is 1. The van der Waals surface area contributed by atoms with Gasteiger partial charge in [-0.25, -0.2) is 0 Å². The van der Waals surface area contributed by atoms with E-state index in [1.807, 2.05) is 42.6 Å². The second-order valence-corrected chi connectivity index (χ2v) is 11.1. The lowest BCUT2D eigenvalue weighted by Gasteiger charge is -2.45. The van der Waals surface area contributed by atoms with Crippen molar-refractivity contribution < 1.29 is 14.3 Å². The van der Waals surface area contributed by atoms with Crippen LogP contribution < -0.4 is 4.74 Å². The Morgan fingerprint density at radius 1 is 0.970 bits per heavy atom. The van der Waals surface area contributed by atoms with Gasteiger partial charge < -0.3 is 9.47 Å². The van der Waals surface area contributed by atoms with Crippen molar-refractivity contribution in [1.29, 1.82) is 0 Å². The van der Waals surface area contributed by atoms with Gasteiger partial charge in [0.1, 0.15) is 5.75 Å². The third kappa shape index (κ3) is 4.29. The molecule has 2 atom stereocenters. The zero-order valence-corrected chi connectivity index (χ0v) is 20.6. The molecular weight excluding hydrogens is 448 g/mol. The largest absolute Gasteiger partial charge is 0.497 e. The van der Waals surface area contributed by atoms with Crippen LogP contribution in [0.15, 0.2) is 72.3 Å². The van der Waals surface area contributed by atoms with Crippen LogP contribution in [0.3, 0.4) is 0 Å². The molecule has 0 bridgehead atoms. The molecule has 1 saturated heterocycles. The molecule has 3 aromatic rings. The van der Waals surface area contributed by atoms with Gasteiger partial charge in [-0.15, -0.1) is 23.5 Å². The van der Waals surface area contributed by atoms with E-state index in [-0.39, 0.29) is 17.8 Å². The van der Waals surface area contributed by atoms with Crippen molar-refractivity contribution in [3.8, 4) is 5.75 Å². The normalized spacial score (nSPS) is 21.0. The highest BCUT2D eigenvalue weighted by molar-refractivity contribution is 8.17. The van der Waals surface area contributed by atoms with Crippen LogP contribution in [0.25, 0.3) is 16.3 Å². The predicted octanol–water partition coefficient (Wildman–Crippen LogP) is 6.77. The molecule has 5 heteroatoms. The topological polar surface area (TPSA) is 35.5 Å². The van der Waals surface area contributed by atoms with Crippen LogP contribution in [0.2, 0.25) is 0 Å². The fourth-order valence-electron chi connectivity index (χ4n) is 4.92. The molecule has 170 valence electrons. The molecule has 5 rings (SSSR count). The Bertz CT molecular complexity index is 1180. The molecule has 2 aliphatic rings. The molecule has 1 fully saturated rings. The SMILES string of the molecule is CCOC(=O)[C@@H]1C(C2SCCCS2)=C(c2ccc3cc(OC)ccc3c2)[C@H]1c1ccccc1. The Morgan fingerprint density at radius 2 is 1.70 bits per heavy atom. The number of carbonyl (C=O) groups is 1. The van der Waals surface area contributed by atoms with E-state index in [0.29, 0.717) is 11.2 Å². The van der Waals surface area contributed by atoms with E-state index in [1.54, 1.807) is 7.11 Å². The molecule has 33 heavy (non-hydrogen) atoms. The Labute approximate surface area is 203 Å². The average Bonchev–Trinajstić information content (AvgIpc) is 2.84. The molecule has 1 aliphatic heterocycles. The Balaban J connectivity index is 1.66. The van der Waals surface area contributed by atoms with Crippen LogP contribution in [0.5, 0.6) is 5.75 Å². The zero-order valence-electron chi connectivity index (χ0n) is 19.0. The van der Waals surface area contributed by atoms with E-state index in [4.69, 9.17) is 9.47 Å². The van der Waals surface area contributed by atoms with E-state index < -0.39 is 0 Å². The third-order valence-electron chi connectivity index (χ3n) is 6.43. The fraction of sp³-hybridized carbons (Fsp3) is 0.321. The monoisotopic (exact) mass is 476 g/mol. The van der Waals surface area contributed by atoms with E-state index in [2.05, 4.69) is 54.6 Å². The highest BCUT2D eigenvalue weighted by Crippen LogP contribution is 2.58. The summed E-state index contributed by atoms with van der Waals surface area (Å²) in [4.78, 5) is 13.2. The summed E-state index contributed by atoms with van der Waals surface area (Å²) in [5.74, 6) is 2.83. The standard InChI is InChI=1S/C28H28O3S2/c1-3-31-27(29)25-23(18-8-5-4-6-9-18)24(26(25)28-32-14-7-15-33-28)21-11-10-20-17-22(30-2)13-12-19(20)16-21/h4-6,8-13,16-17,23,25,28H,3,7,14-15H2,1-2H3/t23-,25+/m1/s1. The molecule has 0 N–H and O–H groups in total. The van der Waals surface area contributed by atoms with E-state index in [1.165, 1.54) is 34.1 Å². The Morgan fingerprint density at radius 3 is 2.42 bits per heavy atom. The maximum Gasteiger partial charge on any atom is 0.314 e. The lowest BCUT2D eigenvalue weighted by Crippen LogP contribution is -2.39. The predicted molar refractivity (Wildman–Crippen MR) is 140 cm³/mol. The summed E-state index contributed by atoms with van der Waals surface area (Å²) in [6.45, 7) is 2.29. The number of allylic oxidation sites excluding steroid dienone is 1. The number of hydrogen-bond acceptors (Lipinski definition) is 5. The second kappa shape index (κ2) is 9.86. The molecule has 3 aromatic carbocycles. The number of rotatable bonds is 6. The molecule has 0 amide bonds. The van der Waals surface area contributed by atoms with Crippen LogP contribution in [0.4, 0.5) is 0 Å². The van der Waals surface area contributed by atoms with Crippen LogP contribution in [-0.2, 0) is 9.53 Å². The fourth-order valence-corrected chi connectivity index (χ4v) is 8.02. The first kappa shape index (κ1) is 22.4. The van der Waals surface area contributed by atoms with Crippen LogP contribution in [-0.4, -0.2) is 35.8 Å². The van der Waals surface area contributed by atoms with Gasteiger partial charge in [0, 0.05) is 5.92 Å². The summed E-state index contributed by atoms with van der Waals surface area (Å²) in [5, 5.41) is 2.33. The van der Waals surface area contributed by atoms with Gasteiger partial charge in [0.25, 0.3) is 0 Å². The van der Waals surface area contributed by atoms with Gasteiger partial charge >= 0.3 is 5.97 Å². The van der Waals surface area contributed by atoms with Crippen molar-refractivity contribution in [1.82, 2.24) is 0 Å². The summed E-state index contributed by atoms with van der Waals surface area (Å²) in [7, 11) is 1.69. The van der Waals surface area contributed by atoms with Crippen molar-refractivity contribution in [3.05, 3.63) is 83.4 Å². The second-order valence-electron chi connectivity index (χ2n) is 8.34. The quantitative estimate of drug-likeness (QED) is 0.367. The minimum absolute atomic E-state index is 0.0130. The summed E-state index contributed by atoms with van der Waals surface area (Å²) < 4.78 is 11.3. The minimum Gasteiger partial charge on any atom is -0.497 e. The van der Waals surface area contributed by atoms with Crippen molar-refractivity contribution >= 4 is 45.8 Å². The number of hydrogen-bond donors (Lipinski definition) is 0. The summed E-state index contributed by atoms with van der Waals surface area (Å²) >= 11 is 3.94. The zero-order chi connectivity index (χ0) is 22.8. The number of thioether (sulfide) groups is 2. The number of methoxy groups -OCH3 is 1. The molecule has 0 unspecified atom stereocenters. The summed E-state index contributed by atoms with van der Waals surface area (Å²) in [5.41, 5.74) is 4.92. The van der Waals surface area contributed by atoms with Gasteiger partial charge in [-0.3, -0.25) is 4.79 Å². The number of fused-ring (bicyclic) bond motifs is 1. The minimum atomic E-state index is -0.225. The molecular formula is C28H28O3S2. The molecule has 1 heterocycles. The maximum atomic E-state index is 13.2. The number of ether oxygens (including phenoxy) is 2. The van der Waals surface area contributed by atoms with Crippen LogP contribution >= 0.6 is 23.5 Å². The van der Waals surface area contributed by atoms with E-state index >= 15 is 0 Å². The molecule has 0 radical (unpaired) electrons. The van der Waals surface area contributed by atoms with Crippen molar-refractivity contribution in [3.63, 3.8) is 0 Å². The Kier molecular flexibility index (Phi) is 6.70. The van der Waals surface area contributed by atoms with Crippen molar-refractivity contribution in [2.75, 3.05) is 25.2 Å². The average molecular weight is 477 g/mol. The molecule has 0 aromatic heterocycles. The molecule has 3 nitrogen and oxygen atoms in total. The van der Waals surface area contributed by atoms with Gasteiger partial charge in [-0.2, -0.15) is 0 Å². The van der Waals surface area contributed by atoms with E-state index in [0.717, 1.165) is 22.6 Å².